The minimum Gasteiger partial charge on any atom is -0.394 e. The molecule has 4 heteroatoms. The summed E-state index contributed by atoms with van der Waals surface area (Å²) in [7, 11) is 0. The highest BCUT2D eigenvalue weighted by atomic mass is 16.3. The van der Waals surface area contributed by atoms with Crippen molar-refractivity contribution < 1.29 is 9.90 Å². The predicted octanol–water partition coefficient (Wildman–Crippen LogP) is 2.05. The van der Waals surface area contributed by atoms with Gasteiger partial charge in [-0.3, -0.25) is 4.79 Å². The Kier molecular flexibility index (Phi) is 6.02. The summed E-state index contributed by atoms with van der Waals surface area (Å²) < 4.78 is 0. The van der Waals surface area contributed by atoms with Crippen molar-refractivity contribution in [3.8, 4) is 0 Å². The maximum atomic E-state index is 12.5. The third-order valence-corrected chi connectivity index (χ3v) is 4.44. The van der Waals surface area contributed by atoms with Crippen LogP contribution in [0.15, 0.2) is 0 Å². The fraction of sp³-hybridized carbons (Fsp3) is 0.938. The molecule has 1 amide bonds. The normalized spacial score (nSPS) is 29.0. The van der Waals surface area contributed by atoms with Gasteiger partial charge in [-0.15, -0.1) is 0 Å². The maximum absolute atomic E-state index is 12.5. The summed E-state index contributed by atoms with van der Waals surface area (Å²) in [5.41, 5.74) is 5.43. The summed E-state index contributed by atoms with van der Waals surface area (Å²) in [6.45, 7) is 8.97. The molecule has 0 radical (unpaired) electrons. The second kappa shape index (κ2) is 6.90. The Morgan fingerprint density at radius 3 is 2.35 bits per heavy atom. The van der Waals surface area contributed by atoms with Crippen molar-refractivity contribution in [2.75, 3.05) is 13.2 Å². The SMILES string of the molecule is CC1CCC(CO)(NC(=O)C(CN)CC(C)(C)C)CC1. The topological polar surface area (TPSA) is 75.3 Å². The van der Waals surface area contributed by atoms with Crippen molar-refractivity contribution in [1.29, 1.82) is 0 Å². The Hall–Kier alpha value is -0.610. The zero-order valence-corrected chi connectivity index (χ0v) is 13.5. The molecule has 0 spiro atoms. The van der Waals surface area contributed by atoms with E-state index in [-0.39, 0.29) is 23.8 Å². The monoisotopic (exact) mass is 284 g/mol. The smallest absolute Gasteiger partial charge is 0.224 e. The molecule has 1 aliphatic carbocycles. The van der Waals surface area contributed by atoms with Crippen LogP contribution in [-0.4, -0.2) is 29.7 Å². The van der Waals surface area contributed by atoms with E-state index in [4.69, 9.17) is 5.73 Å². The number of hydrogen-bond donors (Lipinski definition) is 3. The van der Waals surface area contributed by atoms with Crippen LogP contribution in [0.1, 0.15) is 59.8 Å². The molecule has 1 rings (SSSR count). The van der Waals surface area contributed by atoms with Crippen LogP contribution in [0, 0.1) is 17.3 Å². The molecule has 0 heterocycles. The van der Waals surface area contributed by atoms with Crippen molar-refractivity contribution >= 4 is 5.91 Å². The van der Waals surface area contributed by atoms with E-state index in [2.05, 4.69) is 33.0 Å². The lowest BCUT2D eigenvalue weighted by Gasteiger charge is -2.40. The highest BCUT2D eigenvalue weighted by Gasteiger charge is 2.36. The number of carbonyl (C=O) groups excluding carboxylic acids is 1. The van der Waals surface area contributed by atoms with E-state index >= 15 is 0 Å². The Bertz CT molecular complexity index is 315. The van der Waals surface area contributed by atoms with Crippen LogP contribution >= 0.6 is 0 Å². The van der Waals surface area contributed by atoms with Crippen molar-refractivity contribution in [3.05, 3.63) is 0 Å². The fourth-order valence-corrected chi connectivity index (χ4v) is 3.02. The van der Waals surface area contributed by atoms with Crippen LogP contribution < -0.4 is 11.1 Å². The predicted molar refractivity (Wildman–Crippen MR) is 82.2 cm³/mol. The number of nitrogens with one attached hydrogen (secondary N) is 1. The molecule has 4 nitrogen and oxygen atoms in total. The molecule has 1 atom stereocenters. The lowest BCUT2D eigenvalue weighted by Crippen LogP contribution is -2.55. The number of hydrogen-bond acceptors (Lipinski definition) is 3. The van der Waals surface area contributed by atoms with Gasteiger partial charge in [-0.1, -0.05) is 27.7 Å². The fourth-order valence-electron chi connectivity index (χ4n) is 3.02. The Labute approximate surface area is 123 Å². The number of aliphatic hydroxyl groups is 1. The highest BCUT2D eigenvalue weighted by molar-refractivity contribution is 5.79. The molecule has 0 aromatic carbocycles. The molecule has 1 aliphatic rings. The summed E-state index contributed by atoms with van der Waals surface area (Å²) in [4.78, 5) is 12.5. The molecule has 1 fully saturated rings. The zero-order valence-electron chi connectivity index (χ0n) is 13.5. The summed E-state index contributed by atoms with van der Waals surface area (Å²) in [5.74, 6) is 0.523. The molecule has 0 aliphatic heterocycles. The Morgan fingerprint density at radius 1 is 1.40 bits per heavy atom. The van der Waals surface area contributed by atoms with Gasteiger partial charge in [0.15, 0.2) is 0 Å². The molecule has 0 aromatic heterocycles. The number of rotatable bonds is 5. The molecular weight excluding hydrogens is 252 g/mol. The lowest BCUT2D eigenvalue weighted by atomic mass is 9.77. The van der Waals surface area contributed by atoms with Crippen LogP contribution in [0.25, 0.3) is 0 Å². The number of carbonyl (C=O) groups is 1. The lowest BCUT2D eigenvalue weighted by molar-refractivity contribution is -0.129. The quantitative estimate of drug-likeness (QED) is 0.723. The van der Waals surface area contributed by atoms with E-state index in [0.717, 1.165) is 32.1 Å². The molecule has 0 saturated heterocycles. The first-order valence-electron chi connectivity index (χ1n) is 7.84. The first kappa shape index (κ1) is 17.4. The van der Waals surface area contributed by atoms with Gasteiger partial charge in [0.05, 0.1) is 18.1 Å². The first-order chi connectivity index (χ1) is 9.21. The Morgan fingerprint density at radius 2 is 1.95 bits per heavy atom. The van der Waals surface area contributed by atoms with Gasteiger partial charge in [0.25, 0.3) is 0 Å². The van der Waals surface area contributed by atoms with Gasteiger partial charge >= 0.3 is 0 Å². The molecule has 4 N–H and O–H groups in total. The standard InChI is InChI=1S/C16H32N2O2/c1-12-5-7-16(11-19,8-6-12)18-14(20)13(10-17)9-15(2,3)4/h12-13,19H,5-11,17H2,1-4H3,(H,18,20). The highest BCUT2D eigenvalue weighted by Crippen LogP contribution is 2.32. The van der Waals surface area contributed by atoms with Crippen molar-refractivity contribution in [3.63, 3.8) is 0 Å². The number of amides is 1. The molecule has 1 saturated carbocycles. The van der Waals surface area contributed by atoms with Crippen molar-refractivity contribution in [2.45, 2.75) is 65.3 Å². The minimum absolute atomic E-state index is 0.00558. The van der Waals surface area contributed by atoms with Crippen LogP contribution in [-0.2, 0) is 4.79 Å². The van der Waals surface area contributed by atoms with Crippen LogP contribution in [0.2, 0.25) is 0 Å². The van der Waals surface area contributed by atoms with Gasteiger partial charge in [0, 0.05) is 6.54 Å². The second-order valence-electron chi connectivity index (χ2n) is 7.81. The molecule has 20 heavy (non-hydrogen) atoms. The summed E-state index contributed by atoms with van der Waals surface area (Å²) in [5, 5.41) is 12.8. The molecule has 118 valence electrons. The van der Waals surface area contributed by atoms with Crippen molar-refractivity contribution in [2.24, 2.45) is 23.0 Å². The van der Waals surface area contributed by atoms with E-state index in [0.29, 0.717) is 12.5 Å². The summed E-state index contributed by atoms with van der Waals surface area (Å²) >= 11 is 0. The Balaban J connectivity index is 2.66. The van der Waals surface area contributed by atoms with E-state index in [1.165, 1.54) is 0 Å². The average molecular weight is 284 g/mol. The first-order valence-corrected chi connectivity index (χ1v) is 7.84. The van der Waals surface area contributed by atoms with Gasteiger partial charge in [-0.2, -0.15) is 0 Å². The molecular formula is C16H32N2O2. The summed E-state index contributed by atoms with van der Waals surface area (Å²) in [6, 6.07) is 0. The number of nitrogens with two attached hydrogens (primary N) is 1. The zero-order chi connectivity index (χ0) is 15.4. The molecule has 1 unspecified atom stereocenters. The third-order valence-electron chi connectivity index (χ3n) is 4.44. The van der Waals surface area contributed by atoms with E-state index in [9.17, 15) is 9.90 Å². The summed E-state index contributed by atoms with van der Waals surface area (Å²) in [6.07, 6.45) is 4.63. The molecule has 0 aromatic rings. The van der Waals surface area contributed by atoms with Gasteiger partial charge in [-0.05, 0) is 43.4 Å². The second-order valence-corrected chi connectivity index (χ2v) is 7.81. The third kappa shape index (κ3) is 5.06. The largest absolute Gasteiger partial charge is 0.394 e. The van der Waals surface area contributed by atoms with E-state index in [1.54, 1.807) is 0 Å². The maximum Gasteiger partial charge on any atom is 0.224 e. The average Bonchev–Trinajstić information content (AvgIpc) is 2.38. The van der Waals surface area contributed by atoms with Crippen LogP contribution in [0.4, 0.5) is 0 Å². The van der Waals surface area contributed by atoms with E-state index < -0.39 is 5.54 Å². The van der Waals surface area contributed by atoms with Crippen LogP contribution in [0.5, 0.6) is 0 Å². The minimum atomic E-state index is -0.422. The van der Waals surface area contributed by atoms with Crippen LogP contribution in [0.3, 0.4) is 0 Å². The van der Waals surface area contributed by atoms with Gasteiger partial charge in [-0.25, -0.2) is 0 Å². The van der Waals surface area contributed by atoms with E-state index in [1.807, 2.05) is 0 Å². The van der Waals surface area contributed by atoms with Gasteiger partial charge < -0.3 is 16.2 Å². The molecule has 0 bridgehead atoms. The van der Waals surface area contributed by atoms with Gasteiger partial charge in [0.2, 0.25) is 5.91 Å². The van der Waals surface area contributed by atoms with Gasteiger partial charge in [0.1, 0.15) is 0 Å². The van der Waals surface area contributed by atoms with Crippen molar-refractivity contribution in [1.82, 2.24) is 5.32 Å². The number of aliphatic hydroxyl groups excluding tert-OH is 1.